The number of nitrogens with two attached hydrogens (primary N) is 1. The highest BCUT2D eigenvalue weighted by Crippen LogP contribution is 2.28. The van der Waals surface area contributed by atoms with Gasteiger partial charge in [-0.3, -0.25) is 9.59 Å². The van der Waals surface area contributed by atoms with Crippen molar-refractivity contribution < 1.29 is 14.0 Å². The molecule has 104 valence electrons. The van der Waals surface area contributed by atoms with Crippen molar-refractivity contribution in [3.63, 3.8) is 0 Å². The fourth-order valence-corrected chi connectivity index (χ4v) is 2.49. The average Bonchev–Trinajstić information content (AvgIpc) is 2.88. The molecule has 1 heterocycles. The molecule has 0 bridgehead atoms. The third-order valence-corrected chi connectivity index (χ3v) is 3.71. The Kier molecular flexibility index (Phi) is 4.14. The zero-order valence-electron chi connectivity index (χ0n) is 10.7. The van der Waals surface area contributed by atoms with E-state index in [-0.39, 0.29) is 11.7 Å². The fourth-order valence-electron chi connectivity index (χ4n) is 1.68. The van der Waals surface area contributed by atoms with Gasteiger partial charge < -0.3 is 11.1 Å². The molecule has 0 spiro atoms. The minimum absolute atomic E-state index is 0.336. The highest BCUT2D eigenvalue weighted by molar-refractivity contribution is 7.12. The van der Waals surface area contributed by atoms with Crippen molar-refractivity contribution >= 4 is 23.2 Å². The minimum Gasteiger partial charge on any atom is -0.368 e. The highest BCUT2D eigenvalue weighted by Gasteiger charge is 2.18. The van der Waals surface area contributed by atoms with E-state index in [1.165, 1.54) is 30.4 Å². The van der Waals surface area contributed by atoms with Crippen LogP contribution < -0.4 is 11.1 Å². The topological polar surface area (TPSA) is 72.2 Å². The summed E-state index contributed by atoms with van der Waals surface area (Å²) in [6, 6.07) is 6.91. The Morgan fingerprint density at radius 3 is 2.50 bits per heavy atom. The highest BCUT2D eigenvalue weighted by atomic mass is 32.1. The van der Waals surface area contributed by atoms with E-state index in [4.69, 9.17) is 5.73 Å². The molecule has 1 aromatic carbocycles. The normalized spacial score (nSPS) is 11.9. The summed E-state index contributed by atoms with van der Waals surface area (Å²) in [4.78, 5) is 23.5. The van der Waals surface area contributed by atoms with Gasteiger partial charge in [-0.05, 0) is 36.1 Å². The molecule has 2 aromatic rings. The second kappa shape index (κ2) is 5.83. The molecule has 2 amide bonds. The number of hydrogen-bond donors (Lipinski definition) is 2. The van der Waals surface area contributed by atoms with Crippen molar-refractivity contribution in [3.8, 4) is 11.1 Å². The largest absolute Gasteiger partial charge is 0.368 e. The Hall–Kier alpha value is -2.21. The Morgan fingerprint density at radius 2 is 1.90 bits per heavy atom. The quantitative estimate of drug-likeness (QED) is 0.906. The Morgan fingerprint density at radius 1 is 1.25 bits per heavy atom. The number of amides is 2. The lowest BCUT2D eigenvalue weighted by molar-refractivity contribution is -0.119. The van der Waals surface area contributed by atoms with Gasteiger partial charge in [-0.2, -0.15) is 0 Å². The summed E-state index contributed by atoms with van der Waals surface area (Å²) in [5.74, 6) is -1.30. The summed E-state index contributed by atoms with van der Waals surface area (Å²) >= 11 is 1.25. The molecule has 2 rings (SSSR count). The van der Waals surface area contributed by atoms with Gasteiger partial charge in [0.25, 0.3) is 5.91 Å². The molecular weight excluding hydrogens is 279 g/mol. The molecule has 3 N–H and O–H groups in total. The van der Waals surface area contributed by atoms with Crippen LogP contribution in [0.5, 0.6) is 0 Å². The van der Waals surface area contributed by atoms with Crippen molar-refractivity contribution in [2.45, 2.75) is 13.0 Å². The molecule has 0 aliphatic rings. The number of thiophene rings is 1. The number of carbonyl (C=O) groups is 2. The van der Waals surface area contributed by atoms with Crippen molar-refractivity contribution in [3.05, 3.63) is 46.4 Å². The first-order valence-electron chi connectivity index (χ1n) is 5.92. The van der Waals surface area contributed by atoms with Crippen molar-refractivity contribution in [2.75, 3.05) is 0 Å². The van der Waals surface area contributed by atoms with Crippen LogP contribution >= 0.6 is 11.3 Å². The number of primary amides is 1. The zero-order valence-corrected chi connectivity index (χ0v) is 11.5. The van der Waals surface area contributed by atoms with E-state index in [9.17, 15) is 14.0 Å². The van der Waals surface area contributed by atoms with Crippen LogP contribution in [0.2, 0.25) is 0 Å². The molecule has 6 heteroatoms. The lowest BCUT2D eigenvalue weighted by Gasteiger charge is -2.10. The Balaban J connectivity index is 2.26. The van der Waals surface area contributed by atoms with Crippen LogP contribution in [-0.4, -0.2) is 17.9 Å². The molecule has 0 fully saturated rings. The summed E-state index contributed by atoms with van der Waals surface area (Å²) in [6.45, 7) is 1.52. The van der Waals surface area contributed by atoms with Crippen LogP contribution in [0, 0.1) is 5.82 Å². The van der Waals surface area contributed by atoms with E-state index >= 15 is 0 Å². The van der Waals surface area contributed by atoms with Crippen LogP contribution in [0.15, 0.2) is 35.7 Å². The first-order valence-corrected chi connectivity index (χ1v) is 6.80. The Bertz CT molecular complexity index is 637. The molecule has 0 radical (unpaired) electrons. The predicted molar refractivity (Wildman–Crippen MR) is 75.8 cm³/mol. The van der Waals surface area contributed by atoms with Crippen LogP contribution in [0.3, 0.4) is 0 Å². The number of nitrogens with one attached hydrogen (secondary N) is 1. The first kappa shape index (κ1) is 14.2. The third-order valence-electron chi connectivity index (χ3n) is 2.80. The lowest BCUT2D eigenvalue weighted by atomic mass is 10.1. The van der Waals surface area contributed by atoms with Gasteiger partial charge in [0.15, 0.2) is 0 Å². The maximum atomic E-state index is 12.9. The number of benzene rings is 1. The molecule has 20 heavy (non-hydrogen) atoms. The van der Waals surface area contributed by atoms with E-state index in [0.717, 1.165) is 5.56 Å². The van der Waals surface area contributed by atoms with Gasteiger partial charge in [0.05, 0.1) is 4.88 Å². The maximum absolute atomic E-state index is 12.9. The maximum Gasteiger partial charge on any atom is 0.262 e. The molecule has 1 aromatic heterocycles. The van der Waals surface area contributed by atoms with Gasteiger partial charge in [-0.1, -0.05) is 12.1 Å². The van der Waals surface area contributed by atoms with Crippen LogP contribution in [0.4, 0.5) is 4.39 Å². The van der Waals surface area contributed by atoms with Crippen molar-refractivity contribution in [1.82, 2.24) is 5.32 Å². The van der Waals surface area contributed by atoms with Crippen LogP contribution in [0.25, 0.3) is 11.1 Å². The number of carbonyl (C=O) groups excluding carboxylic acids is 2. The van der Waals surface area contributed by atoms with Gasteiger partial charge in [0, 0.05) is 5.56 Å². The molecule has 4 nitrogen and oxygen atoms in total. The fraction of sp³-hybridized carbons (Fsp3) is 0.143. The van der Waals surface area contributed by atoms with Gasteiger partial charge in [-0.25, -0.2) is 4.39 Å². The molecule has 0 aliphatic heterocycles. The van der Waals surface area contributed by atoms with Crippen molar-refractivity contribution in [1.29, 1.82) is 0 Å². The second-order valence-electron chi connectivity index (χ2n) is 4.27. The minimum atomic E-state index is -0.745. The van der Waals surface area contributed by atoms with Crippen LogP contribution in [-0.2, 0) is 4.79 Å². The molecular formula is C14H13FN2O2S. The predicted octanol–water partition coefficient (Wildman–Crippen LogP) is 2.16. The van der Waals surface area contributed by atoms with E-state index in [1.807, 2.05) is 0 Å². The second-order valence-corrected chi connectivity index (χ2v) is 5.18. The number of rotatable bonds is 4. The van der Waals surface area contributed by atoms with Gasteiger partial charge in [0.2, 0.25) is 5.91 Å². The first-order chi connectivity index (χ1) is 9.49. The summed E-state index contributed by atoms with van der Waals surface area (Å²) in [7, 11) is 0. The molecule has 0 aliphatic carbocycles. The molecule has 1 atom stereocenters. The SMILES string of the molecule is C[C@H](NC(=O)c1sccc1-c1ccc(F)cc1)C(N)=O. The van der Waals surface area contributed by atoms with Crippen molar-refractivity contribution in [2.24, 2.45) is 5.73 Å². The third kappa shape index (κ3) is 3.03. The smallest absolute Gasteiger partial charge is 0.262 e. The summed E-state index contributed by atoms with van der Waals surface area (Å²) < 4.78 is 12.9. The zero-order chi connectivity index (χ0) is 14.7. The van der Waals surface area contributed by atoms with E-state index in [1.54, 1.807) is 23.6 Å². The van der Waals surface area contributed by atoms with Crippen LogP contribution in [0.1, 0.15) is 16.6 Å². The number of hydrogen-bond acceptors (Lipinski definition) is 3. The van der Waals surface area contributed by atoms with Gasteiger partial charge >= 0.3 is 0 Å². The van der Waals surface area contributed by atoms with E-state index < -0.39 is 11.9 Å². The monoisotopic (exact) mass is 292 g/mol. The summed E-state index contributed by atoms with van der Waals surface area (Å²) in [5.41, 5.74) is 6.55. The average molecular weight is 292 g/mol. The van der Waals surface area contributed by atoms with E-state index in [0.29, 0.717) is 10.4 Å². The number of halogens is 1. The van der Waals surface area contributed by atoms with E-state index in [2.05, 4.69) is 5.32 Å². The van der Waals surface area contributed by atoms with Gasteiger partial charge in [-0.15, -0.1) is 11.3 Å². The standard InChI is InChI=1S/C14H13FN2O2S/c1-8(13(16)18)17-14(19)12-11(6-7-20-12)9-2-4-10(15)5-3-9/h2-8H,1H3,(H2,16,18)(H,17,19)/t8-/m0/s1. The molecule has 0 saturated carbocycles. The van der Waals surface area contributed by atoms with Gasteiger partial charge in [0.1, 0.15) is 11.9 Å². The lowest BCUT2D eigenvalue weighted by Crippen LogP contribution is -2.42. The molecule has 0 unspecified atom stereocenters. The Labute approximate surface area is 119 Å². The summed E-state index contributed by atoms with van der Waals surface area (Å²) in [6.07, 6.45) is 0. The molecule has 0 saturated heterocycles. The summed E-state index contributed by atoms with van der Waals surface area (Å²) in [5, 5.41) is 4.29.